The van der Waals surface area contributed by atoms with Gasteiger partial charge in [0.1, 0.15) is 22.7 Å². The van der Waals surface area contributed by atoms with E-state index in [-0.39, 0.29) is 22.9 Å². The van der Waals surface area contributed by atoms with Crippen LogP contribution in [-0.2, 0) is 34.7 Å². The van der Waals surface area contributed by atoms with Crippen LogP contribution in [-0.4, -0.2) is 67.3 Å². The van der Waals surface area contributed by atoms with Crippen LogP contribution >= 0.6 is 11.3 Å². The molecule has 0 unspecified atom stereocenters. The number of hydrogen-bond acceptors (Lipinski definition) is 9. The molecule has 3 atom stereocenters. The Kier molecular flexibility index (Phi) is 8.62. The first-order valence-corrected chi connectivity index (χ1v) is 16.9. The van der Waals surface area contributed by atoms with Crippen molar-refractivity contribution in [3.63, 3.8) is 0 Å². The molecule has 4 heterocycles. The van der Waals surface area contributed by atoms with Gasteiger partial charge in [-0.2, -0.15) is 0 Å². The Morgan fingerprint density at radius 1 is 1.07 bits per heavy atom. The SMILES string of the molecule is CC(C)(C)OC(=O)N[C@@H]1C(=O)N2C(C(=O)OC(c3ccccc3)c3ccccc3)=C(/C=C3\CCN(c4nccs4)C3=O)C[S@](=O)[C@H]12. The Balaban J connectivity index is 1.37. The Labute approximate surface area is 272 Å². The third kappa shape index (κ3) is 6.24. The molecule has 0 bridgehead atoms. The highest BCUT2D eigenvalue weighted by molar-refractivity contribution is 7.86. The zero-order valence-electron chi connectivity index (χ0n) is 25.4. The molecule has 0 radical (unpaired) electrons. The maximum Gasteiger partial charge on any atom is 0.408 e. The summed E-state index contributed by atoms with van der Waals surface area (Å²) in [6.07, 6.45) is 1.87. The number of nitrogens with one attached hydrogen (secondary N) is 1. The average Bonchev–Trinajstić information content (AvgIpc) is 3.68. The largest absolute Gasteiger partial charge is 0.448 e. The lowest BCUT2D eigenvalue weighted by Crippen LogP contribution is -2.73. The maximum atomic E-state index is 14.2. The fraction of sp³-hybridized carbons (Fsp3) is 0.303. The van der Waals surface area contributed by atoms with E-state index in [4.69, 9.17) is 9.47 Å². The van der Waals surface area contributed by atoms with Gasteiger partial charge < -0.3 is 14.8 Å². The molecular weight excluding hydrogens is 629 g/mol. The van der Waals surface area contributed by atoms with Gasteiger partial charge in [-0.1, -0.05) is 60.7 Å². The molecule has 3 aliphatic rings. The number of allylic oxidation sites excluding steroid dienone is 1. The molecule has 2 saturated heterocycles. The first-order chi connectivity index (χ1) is 22.0. The molecule has 3 aliphatic heterocycles. The van der Waals surface area contributed by atoms with E-state index in [1.165, 1.54) is 11.3 Å². The number of nitrogens with zero attached hydrogens (tertiary/aromatic N) is 3. The van der Waals surface area contributed by atoms with Crippen molar-refractivity contribution >= 4 is 51.1 Å². The fourth-order valence-electron chi connectivity index (χ4n) is 5.58. The highest BCUT2D eigenvalue weighted by atomic mass is 32.2. The Morgan fingerprint density at radius 2 is 1.72 bits per heavy atom. The van der Waals surface area contributed by atoms with E-state index in [2.05, 4.69) is 10.3 Å². The van der Waals surface area contributed by atoms with E-state index in [0.29, 0.717) is 34.8 Å². The van der Waals surface area contributed by atoms with Crippen LogP contribution in [0.25, 0.3) is 0 Å². The molecule has 2 aromatic carbocycles. The van der Waals surface area contributed by atoms with Crippen molar-refractivity contribution in [3.8, 4) is 0 Å². The summed E-state index contributed by atoms with van der Waals surface area (Å²) in [5.41, 5.74) is 1.13. The number of carbonyl (C=O) groups excluding carboxylic acids is 4. The van der Waals surface area contributed by atoms with Crippen LogP contribution in [0.2, 0.25) is 0 Å². The highest BCUT2D eigenvalue weighted by Gasteiger charge is 2.58. The summed E-state index contributed by atoms with van der Waals surface area (Å²) in [7, 11) is -1.73. The first-order valence-electron chi connectivity index (χ1n) is 14.7. The van der Waals surface area contributed by atoms with Gasteiger partial charge in [0.05, 0.1) is 16.6 Å². The summed E-state index contributed by atoms with van der Waals surface area (Å²) in [6, 6.07) is 17.2. The maximum absolute atomic E-state index is 14.2. The lowest BCUT2D eigenvalue weighted by atomic mass is 10.00. The molecular formula is C33H32N4O7S2. The highest BCUT2D eigenvalue weighted by Crippen LogP contribution is 2.39. The molecule has 46 heavy (non-hydrogen) atoms. The smallest absolute Gasteiger partial charge is 0.408 e. The number of thiazole rings is 1. The van der Waals surface area contributed by atoms with E-state index in [0.717, 1.165) is 4.90 Å². The number of fused-ring (bicyclic) bond motifs is 1. The number of aromatic nitrogens is 1. The van der Waals surface area contributed by atoms with Crippen LogP contribution in [0.3, 0.4) is 0 Å². The van der Waals surface area contributed by atoms with Gasteiger partial charge in [-0.3, -0.25) is 23.6 Å². The number of carbonyl (C=O) groups is 4. The predicted molar refractivity (Wildman–Crippen MR) is 172 cm³/mol. The van der Waals surface area contributed by atoms with Gasteiger partial charge in [-0.05, 0) is 50.0 Å². The number of ether oxygens (including phenoxy) is 2. The van der Waals surface area contributed by atoms with Crippen LogP contribution < -0.4 is 10.2 Å². The second kappa shape index (κ2) is 12.6. The topological polar surface area (TPSA) is 135 Å². The summed E-state index contributed by atoms with van der Waals surface area (Å²) in [4.78, 5) is 60.7. The lowest BCUT2D eigenvalue weighted by molar-refractivity contribution is -0.153. The van der Waals surface area contributed by atoms with Crippen molar-refractivity contribution < 1.29 is 32.9 Å². The van der Waals surface area contributed by atoms with E-state index >= 15 is 0 Å². The van der Waals surface area contributed by atoms with Crippen molar-refractivity contribution in [1.29, 1.82) is 0 Å². The number of hydrogen-bond donors (Lipinski definition) is 1. The minimum atomic E-state index is -1.73. The number of esters is 1. The second-order valence-corrected chi connectivity index (χ2v) is 14.3. The van der Waals surface area contributed by atoms with Gasteiger partial charge in [0.15, 0.2) is 11.2 Å². The molecule has 238 valence electrons. The zero-order chi connectivity index (χ0) is 32.6. The van der Waals surface area contributed by atoms with Gasteiger partial charge in [0.25, 0.3) is 11.8 Å². The number of alkyl carbamates (subject to hydrolysis) is 1. The molecule has 11 nitrogen and oxygen atoms in total. The summed E-state index contributed by atoms with van der Waals surface area (Å²) in [5.74, 6) is -1.88. The fourth-order valence-corrected chi connectivity index (χ4v) is 7.87. The third-order valence-corrected chi connectivity index (χ3v) is 9.99. The number of β-lactam (4-membered cyclic amide) rings is 1. The van der Waals surface area contributed by atoms with Gasteiger partial charge in [0, 0.05) is 23.7 Å². The molecule has 0 saturated carbocycles. The van der Waals surface area contributed by atoms with Gasteiger partial charge in [-0.25, -0.2) is 14.6 Å². The lowest BCUT2D eigenvalue weighted by Gasteiger charge is -2.49. The molecule has 0 aliphatic carbocycles. The molecule has 6 rings (SSSR count). The van der Waals surface area contributed by atoms with Crippen LogP contribution in [0.4, 0.5) is 9.93 Å². The Bertz CT molecular complexity index is 1710. The Morgan fingerprint density at radius 3 is 2.30 bits per heavy atom. The molecule has 2 fully saturated rings. The van der Waals surface area contributed by atoms with Crippen molar-refractivity contribution in [3.05, 3.63) is 106 Å². The molecule has 3 amide bonds. The van der Waals surface area contributed by atoms with Crippen LogP contribution in [0, 0.1) is 0 Å². The summed E-state index contributed by atoms with van der Waals surface area (Å²) >= 11 is 1.33. The molecule has 13 heteroatoms. The molecule has 3 aromatic rings. The summed E-state index contributed by atoms with van der Waals surface area (Å²) < 4.78 is 25.1. The van der Waals surface area contributed by atoms with E-state index in [9.17, 15) is 23.4 Å². The van der Waals surface area contributed by atoms with Crippen molar-refractivity contribution in [1.82, 2.24) is 15.2 Å². The summed E-state index contributed by atoms with van der Waals surface area (Å²) in [6.45, 7) is 5.46. The predicted octanol–water partition coefficient (Wildman–Crippen LogP) is 4.22. The van der Waals surface area contributed by atoms with Gasteiger partial charge in [-0.15, -0.1) is 11.3 Å². The second-order valence-electron chi connectivity index (χ2n) is 11.9. The number of amides is 3. The molecule has 1 N–H and O–H groups in total. The monoisotopic (exact) mass is 660 g/mol. The van der Waals surface area contributed by atoms with E-state index in [1.807, 2.05) is 60.7 Å². The molecule has 1 aromatic heterocycles. The van der Waals surface area contributed by atoms with Crippen LogP contribution in [0.5, 0.6) is 0 Å². The third-order valence-electron chi connectivity index (χ3n) is 7.57. The normalized spacial score (nSPS) is 22.2. The van der Waals surface area contributed by atoms with Crippen molar-refractivity contribution in [2.24, 2.45) is 0 Å². The van der Waals surface area contributed by atoms with Crippen LogP contribution in [0.1, 0.15) is 44.4 Å². The molecule has 0 spiro atoms. The summed E-state index contributed by atoms with van der Waals surface area (Å²) in [5, 5.41) is 3.82. The first kappa shape index (κ1) is 31.4. The minimum absolute atomic E-state index is 0.110. The van der Waals surface area contributed by atoms with Gasteiger partial charge >= 0.3 is 12.1 Å². The van der Waals surface area contributed by atoms with Gasteiger partial charge in [0.2, 0.25) is 0 Å². The zero-order valence-corrected chi connectivity index (χ0v) is 27.0. The van der Waals surface area contributed by atoms with E-state index in [1.54, 1.807) is 43.3 Å². The van der Waals surface area contributed by atoms with Crippen LogP contribution in [0.15, 0.2) is 95.2 Å². The standard InChI is InChI=1S/C33H32N4O7S2/c1-33(2,3)44-32(41)35-24-28(39)37-25(30(40)43-26(20-10-6-4-7-11-20)21-12-8-5-9-13-21)23(19-46(42)29(24)37)18-22-14-16-36(27(22)38)31-34-15-17-45-31/h4-13,15,17-18,24,26,29H,14,16,19H2,1-3H3,(H,35,41)/b22-18+/t24-,29-,46+/m1/s1. The van der Waals surface area contributed by atoms with Crippen molar-refractivity contribution in [2.45, 2.75) is 50.3 Å². The quantitative estimate of drug-likeness (QED) is 0.226. The van der Waals surface area contributed by atoms with E-state index < -0.39 is 51.9 Å². The number of rotatable bonds is 7. The number of benzene rings is 2. The van der Waals surface area contributed by atoms with Crippen molar-refractivity contribution in [2.75, 3.05) is 17.2 Å². The Hall–Kier alpha value is -4.62. The minimum Gasteiger partial charge on any atom is -0.448 e. The number of anilines is 1. The average molecular weight is 661 g/mol.